The molecule has 0 aliphatic carbocycles. The van der Waals surface area contributed by atoms with Gasteiger partial charge in [-0.05, 0) is 12.0 Å². The zero-order chi connectivity index (χ0) is 22.8. The van der Waals surface area contributed by atoms with Crippen LogP contribution in [0.1, 0.15) is 23.9 Å². The first-order valence-corrected chi connectivity index (χ1v) is 10.9. The molecule has 1 amide bonds. The number of aryl methyl sites for hydroxylation is 1. The van der Waals surface area contributed by atoms with Gasteiger partial charge in [-0.15, -0.1) is 5.10 Å². The van der Waals surface area contributed by atoms with Gasteiger partial charge in [0, 0.05) is 25.2 Å². The van der Waals surface area contributed by atoms with Crippen LogP contribution in [-0.2, 0) is 17.9 Å². The van der Waals surface area contributed by atoms with Gasteiger partial charge < -0.3 is 5.11 Å². The number of benzene rings is 2. The van der Waals surface area contributed by atoms with Crippen LogP contribution in [0.5, 0.6) is 0 Å². The van der Waals surface area contributed by atoms with Gasteiger partial charge >= 0.3 is 0 Å². The molecule has 0 fully saturated rings. The lowest BCUT2D eigenvalue weighted by molar-refractivity contribution is -0.121. The highest BCUT2D eigenvalue weighted by molar-refractivity contribution is 5.96. The lowest BCUT2D eigenvalue weighted by Crippen LogP contribution is -2.45. The first-order chi connectivity index (χ1) is 16.1. The van der Waals surface area contributed by atoms with Crippen LogP contribution in [0.4, 0.5) is 5.82 Å². The van der Waals surface area contributed by atoms with Crippen molar-refractivity contribution in [2.75, 3.05) is 11.9 Å². The molecule has 0 saturated heterocycles. The van der Waals surface area contributed by atoms with E-state index in [0.717, 1.165) is 22.6 Å². The zero-order valence-electron chi connectivity index (χ0n) is 18.2. The molecule has 0 spiro atoms. The molecule has 168 valence electrons. The Bertz CT molecular complexity index is 1240. The van der Waals surface area contributed by atoms with Gasteiger partial charge in [-0.2, -0.15) is 5.10 Å². The first-order valence-electron chi connectivity index (χ1n) is 10.9. The molecule has 2 N–H and O–H groups in total. The van der Waals surface area contributed by atoms with Crippen molar-refractivity contribution in [2.24, 2.45) is 0 Å². The molecule has 2 unspecified atom stereocenters. The van der Waals surface area contributed by atoms with Crippen LogP contribution in [0.25, 0.3) is 11.3 Å². The highest BCUT2D eigenvalue weighted by Gasteiger charge is 2.31. The number of hydrogen-bond acceptors (Lipinski definition) is 6. The van der Waals surface area contributed by atoms with Crippen molar-refractivity contribution in [3.8, 4) is 11.3 Å². The molecule has 9 nitrogen and oxygen atoms in total. The number of likely N-dealkylation sites (N-methyl/N-ethyl adjacent to an activating group) is 1. The molecule has 0 bridgehead atoms. The summed E-state index contributed by atoms with van der Waals surface area (Å²) < 4.78 is 3.50. The van der Waals surface area contributed by atoms with E-state index in [-0.39, 0.29) is 5.91 Å². The van der Waals surface area contributed by atoms with Crippen LogP contribution in [0.2, 0.25) is 0 Å². The summed E-state index contributed by atoms with van der Waals surface area (Å²) in [6.45, 7) is 1.10. The van der Waals surface area contributed by atoms with E-state index in [9.17, 15) is 9.90 Å². The summed E-state index contributed by atoms with van der Waals surface area (Å²) in [6.07, 6.45) is 1.07. The number of aromatic nitrogens is 5. The number of fused-ring (bicyclic) bond motifs is 1. The minimum absolute atomic E-state index is 0.135. The van der Waals surface area contributed by atoms with Crippen LogP contribution in [0, 0.1) is 0 Å². The molecular formula is C24H25N7O2. The summed E-state index contributed by atoms with van der Waals surface area (Å²) in [7, 11) is 1.73. The van der Waals surface area contributed by atoms with Gasteiger partial charge in [0.15, 0.2) is 6.23 Å². The highest BCUT2D eigenvalue weighted by atomic mass is 16.3. The molecular weight excluding hydrogens is 418 g/mol. The Hall–Kier alpha value is -3.82. The molecule has 2 aromatic heterocycles. The van der Waals surface area contributed by atoms with E-state index < -0.39 is 12.3 Å². The van der Waals surface area contributed by atoms with Gasteiger partial charge in [0.05, 0.1) is 24.5 Å². The monoisotopic (exact) mass is 443 g/mol. The summed E-state index contributed by atoms with van der Waals surface area (Å²) >= 11 is 0. The number of nitrogens with one attached hydrogen (secondary N) is 1. The smallest absolute Gasteiger partial charge is 0.245 e. The molecule has 4 aromatic rings. The number of aliphatic hydroxyl groups excluding tert-OH is 1. The van der Waals surface area contributed by atoms with E-state index in [1.165, 1.54) is 0 Å². The quantitative estimate of drug-likeness (QED) is 0.443. The minimum Gasteiger partial charge on any atom is -0.372 e. The van der Waals surface area contributed by atoms with E-state index >= 15 is 0 Å². The number of carbonyl (C=O) groups excluding carboxylic acids is 1. The lowest BCUT2D eigenvalue weighted by Gasteiger charge is -2.22. The van der Waals surface area contributed by atoms with E-state index in [0.29, 0.717) is 25.2 Å². The molecule has 9 heteroatoms. The third-order valence-corrected chi connectivity index (χ3v) is 5.81. The van der Waals surface area contributed by atoms with E-state index in [1.807, 2.05) is 71.4 Å². The fourth-order valence-corrected chi connectivity index (χ4v) is 4.03. The van der Waals surface area contributed by atoms with E-state index in [4.69, 9.17) is 0 Å². The Balaban J connectivity index is 1.27. The third-order valence-electron chi connectivity index (χ3n) is 5.81. The van der Waals surface area contributed by atoms with Crippen molar-refractivity contribution < 1.29 is 9.90 Å². The van der Waals surface area contributed by atoms with Crippen LogP contribution in [0.3, 0.4) is 0 Å². The first kappa shape index (κ1) is 21.0. The maximum atomic E-state index is 13.1. The molecule has 0 saturated carbocycles. The molecule has 1 aliphatic rings. The van der Waals surface area contributed by atoms with Gasteiger partial charge in [0.25, 0.3) is 0 Å². The van der Waals surface area contributed by atoms with Gasteiger partial charge in [-0.3, -0.25) is 15.0 Å². The maximum Gasteiger partial charge on any atom is 0.245 e. The van der Waals surface area contributed by atoms with Crippen molar-refractivity contribution in [3.05, 3.63) is 84.2 Å². The number of carbonyl (C=O) groups is 1. The molecule has 2 aromatic carbocycles. The molecule has 2 atom stereocenters. The average Bonchev–Trinajstić information content (AvgIpc) is 3.47. The molecule has 1 aliphatic heterocycles. The normalized spacial score (nSPS) is 17.0. The molecule has 33 heavy (non-hydrogen) atoms. The topological polar surface area (TPSA) is 101 Å². The summed E-state index contributed by atoms with van der Waals surface area (Å²) in [4.78, 5) is 14.7. The Kier molecular flexibility index (Phi) is 5.72. The number of rotatable bonds is 6. The number of aliphatic hydroxyl groups is 1. The van der Waals surface area contributed by atoms with Gasteiger partial charge in [-0.1, -0.05) is 65.9 Å². The van der Waals surface area contributed by atoms with Crippen molar-refractivity contribution in [3.63, 3.8) is 0 Å². The Morgan fingerprint density at radius 1 is 1.12 bits per heavy atom. The highest BCUT2D eigenvalue weighted by Crippen LogP contribution is 2.27. The van der Waals surface area contributed by atoms with Crippen LogP contribution in [-0.4, -0.2) is 48.9 Å². The largest absolute Gasteiger partial charge is 0.372 e. The van der Waals surface area contributed by atoms with Gasteiger partial charge in [-0.25, -0.2) is 9.36 Å². The predicted octanol–water partition coefficient (Wildman–Crippen LogP) is 2.21. The second-order valence-corrected chi connectivity index (χ2v) is 8.11. The SMILES string of the molecule is CN1C(=O)C(NC(O)c2cn(Cc3ccccc3)nn2)CCn2nc(-c3ccccc3)cc21. The summed E-state index contributed by atoms with van der Waals surface area (Å²) in [5.74, 6) is 0.593. The Labute approximate surface area is 191 Å². The predicted molar refractivity (Wildman–Crippen MR) is 123 cm³/mol. The lowest BCUT2D eigenvalue weighted by atomic mass is 10.1. The maximum absolute atomic E-state index is 13.1. The number of amides is 1. The fraction of sp³-hybridized carbons (Fsp3) is 0.250. The standard InChI is InChI=1S/C24H25N7O2/c1-29-22-14-20(18-10-6-3-7-11-18)27-31(22)13-12-19(24(29)33)25-23(32)21-16-30(28-26-21)15-17-8-4-2-5-9-17/h2-11,14,16,19,23,25,32H,12-13,15H2,1H3. The average molecular weight is 444 g/mol. The molecule has 3 heterocycles. The van der Waals surface area contributed by atoms with Crippen LogP contribution >= 0.6 is 0 Å². The summed E-state index contributed by atoms with van der Waals surface area (Å²) in [5, 5.41) is 26.6. The van der Waals surface area contributed by atoms with Gasteiger partial charge in [0.2, 0.25) is 5.91 Å². The van der Waals surface area contributed by atoms with E-state index in [2.05, 4.69) is 20.7 Å². The van der Waals surface area contributed by atoms with Crippen LogP contribution in [0.15, 0.2) is 72.9 Å². The number of anilines is 1. The van der Waals surface area contributed by atoms with Gasteiger partial charge in [0.1, 0.15) is 11.5 Å². The Morgan fingerprint density at radius 3 is 2.61 bits per heavy atom. The molecule has 0 radical (unpaired) electrons. The second-order valence-electron chi connectivity index (χ2n) is 8.11. The number of hydrogen-bond donors (Lipinski definition) is 2. The van der Waals surface area contributed by atoms with Crippen molar-refractivity contribution in [2.45, 2.75) is 31.8 Å². The minimum atomic E-state index is -1.11. The Morgan fingerprint density at radius 2 is 1.85 bits per heavy atom. The third kappa shape index (κ3) is 4.41. The van der Waals surface area contributed by atoms with Crippen LogP contribution < -0.4 is 10.2 Å². The molecule has 5 rings (SSSR count). The number of nitrogens with zero attached hydrogens (tertiary/aromatic N) is 6. The summed E-state index contributed by atoms with van der Waals surface area (Å²) in [6, 6.07) is 21.1. The second kappa shape index (κ2) is 8.97. The zero-order valence-corrected chi connectivity index (χ0v) is 18.2. The van der Waals surface area contributed by atoms with Crippen molar-refractivity contribution in [1.29, 1.82) is 0 Å². The summed E-state index contributed by atoms with van der Waals surface area (Å²) in [5.41, 5.74) is 3.28. The van der Waals surface area contributed by atoms with Crippen molar-refractivity contribution >= 4 is 11.7 Å². The van der Waals surface area contributed by atoms with E-state index in [1.54, 1.807) is 22.8 Å². The van der Waals surface area contributed by atoms with Crippen molar-refractivity contribution in [1.82, 2.24) is 30.1 Å². The fourth-order valence-electron chi connectivity index (χ4n) is 4.03.